The smallest absolute Gasteiger partial charge is 0.213 e. The molecule has 1 atom stereocenters. The molecule has 1 saturated carbocycles. The molecule has 0 saturated heterocycles. The van der Waals surface area contributed by atoms with Crippen LogP contribution in [-0.4, -0.2) is 44.4 Å². The van der Waals surface area contributed by atoms with E-state index in [2.05, 4.69) is 20.6 Å². The van der Waals surface area contributed by atoms with E-state index in [0.717, 1.165) is 11.1 Å². The van der Waals surface area contributed by atoms with Crippen molar-refractivity contribution in [1.82, 2.24) is 15.6 Å². The van der Waals surface area contributed by atoms with Crippen LogP contribution in [0.2, 0.25) is 0 Å². The van der Waals surface area contributed by atoms with Crippen molar-refractivity contribution in [2.24, 2.45) is 10.9 Å². The predicted octanol–water partition coefficient (Wildman–Crippen LogP) is 3.85. The van der Waals surface area contributed by atoms with Gasteiger partial charge in [-0.05, 0) is 55.9 Å². The van der Waals surface area contributed by atoms with Crippen LogP contribution >= 0.6 is 0 Å². The van der Waals surface area contributed by atoms with Crippen LogP contribution in [0.4, 0.5) is 4.39 Å². The summed E-state index contributed by atoms with van der Waals surface area (Å²) in [5.41, 5.74) is 1.78. The molecule has 7 nitrogen and oxygen atoms in total. The van der Waals surface area contributed by atoms with E-state index in [1.165, 1.54) is 18.9 Å². The topological polar surface area (TPSA) is 77.0 Å². The fourth-order valence-electron chi connectivity index (χ4n) is 2.99. The SMILES string of the molecule is CCNC(=NCc1ccc(OCCOC)nc1)NC(C)c1ccc(OCC2CC2)c(F)c1. The number of ether oxygens (including phenoxy) is 3. The first-order valence-corrected chi connectivity index (χ1v) is 11.1. The summed E-state index contributed by atoms with van der Waals surface area (Å²) in [6.45, 7) is 6.71. The number of guanidine groups is 1. The van der Waals surface area contributed by atoms with Crippen LogP contribution in [0.5, 0.6) is 11.6 Å². The number of aliphatic imine (C=N–C) groups is 1. The zero-order chi connectivity index (χ0) is 22.8. The van der Waals surface area contributed by atoms with Crippen molar-refractivity contribution in [3.8, 4) is 11.6 Å². The van der Waals surface area contributed by atoms with E-state index in [1.54, 1.807) is 19.4 Å². The monoisotopic (exact) mass is 444 g/mol. The molecule has 1 aromatic carbocycles. The molecular weight excluding hydrogens is 411 g/mol. The Labute approximate surface area is 189 Å². The molecule has 174 valence electrons. The van der Waals surface area contributed by atoms with E-state index in [9.17, 15) is 4.39 Å². The van der Waals surface area contributed by atoms with Gasteiger partial charge in [0.1, 0.15) is 6.61 Å². The van der Waals surface area contributed by atoms with Crippen molar-refractivity contribution >= 4 is 5.96 Å². The van der Waals surface area contributed by atoms with E-state index < -0.39 is 0 Å². The van der Waals surface area contributed by atoms with E-state index >= 15 is 0 Å². The van der Waals surface area contributed by atoms with E-state index in [-0.39, 0.29) is 11.9 Å². The zero-order valence-corrected chi connectivity index (χ0v) is 19.1. The van der Waals surface area contributed by atoms with Crippen LogP contribution in [0, 0.1) is 11.7 Å². The number of hydrogen-bond donors (Lipinski definition) is 2. The Kier molecular flexibility index (Phi) is 9.10. The molecular formula is C24H33FN4O3. The molecule has 0 radical (unpaired) electrons. The molecule has 0 aliphatic heterocycles. The third-order valence-electron chi connectivity index (χ3n) is 5.08. The van der Waals surface area contributed by atoms with Crippen LogP contribution in [0.1, 0.15) is 43.9 Å². The van der Waals surface area contributed by atoms with Crippen molar-refractivity contribution < 1.29 is 18.6 Å². The molecule has 2 aromatic rings. The molecule has 1 unspecified atom stereocenters. The highest BCUT2D eigenvalue weighted by Crippen LogP contribution is 2.30. The molecule has 0 bridgehead atoms. The summed E-state index contributed by atoms with van der Waals surface area (Å²) in [5.74, 6) is 1.77. The Morgan fingerprint density at radius 2 is 2.06 bits per heavy atom. The number of nitrogens with zero attached hydrogens (tertiary/aromatic N) is 2. The van der Waals surface area contributed by atoms with Gasteiger partial charge in [-0.25, -0.2) is 14.4 Å². The lowest BCUT2D eigenvalue weighted by molar-refractivity contribution is 0.143. The van der Waals surface area contributed by atoms with Gasteiger partial charge >= 0.3 is 0 Å². The highest BCUT2D eigenvalue weighted by molar-refractivity contribution is 5.80. The third-order valence-corrected chi connectivity index (χ3v) is 5.08. The molecule has 1 heterocycles. The Hall–Kier alpha value is -2.87. The van der Waals surface area contributed by atoms with Gasteiger partial charge in [-0.2, -0.15) is 0 Å². The van der Waals surface area contributed by atoms with E-state index in [4.69, 9.17) is 14.2 Å². The fraction of sp³-hybridized carbons (Fsp3) is 0.500. The number of methoxy groups -OCH3 is 1. The highest BCUT2D eigenvalue weighted by atomic mass is 19.1. The van der Waals surface area contributed by atoms with Crippen LogP contribution in [0.25, 0.3) is 0 Å². The average molecular weight is 445 g/mol. The first kappa shape index (κ1) is 23.8. The number of hydrogen-bond acceptors (Lipinski definition) is 5. The summed E-state index contributed by atoms with van der Waals surface area (Å²) in [6, 6.07) is 8.74. The summed E-state index contributed by atoms with van der Waals surface area (Å²) in [5, 5.41) is 6.56. The van der Waals surface area contributed by atoms with Gasteiger partial charge in [0.15, 0.2) is 17.5 Å². The number of halogens is 1. The van der Waals surface area contributed by atoms with Gasteiger partial charge in [0.2, 0.25) is 5.88 Å². The number of rotatable bonds is 12. The minimum absolute atomic E-state index is 0.130. The zero-order valence-electron chi connectivity index (χ0n) is 19.1. The number of benzene rings is 1. The molecule has 8 heteroatoms. The van der Waals surface area contributed by atoms with Crippen LogP contribution in [0.3, 0.4) is 0 Å². The quantitative estimate of drug-likeness (QED) is 0.294. The number of nitrogens with one attached hydrogen (secondary N) is 2. The Morgan fingerprint density at radius 1 is 1.22 bits per heavy atom. The van der Waals surface area contributed by atoms with Gasteiger partial charge < -0.3 is 24.8 Å². The Morgan fingerprint density at radius 3 is 2.72 bits per heavy atom. The molecule has 0 amide bonds. The van der Waals surface area contributed by atoms with Crippen molar-refractivity contribution in [1.29, 1.82) is 0 Å². The maximum atomic E-state index is 14.4. The fourth-order valence-corrected chi connectivity index (χ4v) is 2.99. The van der Waals surface area contributed by atoms with Crippen molar-refractivity contribution in [2.75, 3.05) is 33.5 Å². The lowest BCUT2D eigenvalue weighted by Crippen LogP contribution is -2.38. The Balaban J connectivity index is 1.56. The van der Waals surface area contributed by atoms with Crippen molar-refractivity contribution in [2.45, 2.75) is 39.3 Å². The molecule has 1 fully saturated rings. The first-order chi connectivity index (χ1) is 15.6. The van der Waals surface area contributed by atoms with Gasteiger partial charge in [-0.15, -0.1) is 0 Å². The summed E-state index contributed by atoms with van der Waals surface area (Å²) in [6.07, 6.45) is 4.10. The van der Waals surface area contributed by atoms with Crippen LogP contribution in [0.15, 0.2) is 41.5 Å². The van der Waals surface area contributed by atoms with Crippen LogP contribution in [-0.2, 0) is 11.3 Å². The maximum Gasteiger partial charge on any atom is 0.213 e. The van der Waals surface area contributed by atoms with Gasteiger partial charge in [0.25, 0.3) is 0 Å². The molecule has 1 aromatic heterocycles. The minimum atomic E-state index is -0.336. The van der Waals surface area contributed by atoms with Gasteiger partial charge in [-0.3, -0.25) is 0 Å². The second kappa shape index (κ2) is 12.2. The minimum Gasteiger partial charge on any atom is -0.490 e. The summed E-state index contributed by atoms with van der Waals surface area (Å²) >= 11 is 0. The number of aromatic nitrogens is 1. The normalized spacial score (nSPS) is 14.7. The Bertz CT molecular complexity index is 872. The average Bonchev–Trinajstić information content (AvgIpc) is 3.62. The summed E-state index contributed by atoms with van der Waals surface area (Å²) in [7, 11) is 1.63. The molecule has 0 spiro atoms. The van der Waals surface area contributed by atoms with Crippen molar-refractivity contribution in [3.05, 3.63) is 53.5 Å². The summed E-state index contributed by atoms with van der Waals surface area (Å²) < 4.78 is 30.5. The van der Waals surface area contributed by atoms with Crippen LogP contribution < -0.4 is 20.1 Å². The second-order valence-corrected chi connectivity index (χ2v) is 7.85. The molecule has 1 aliphatic rings. The van der Waals surface area contributed by atoms with E-state index in [1.807, 2.05) is 32.0 Å². The lowest BCUT2D eigenvalue weighted by Gasteiger charge is -2.19. The molecule has 2 N–H and O–H groups in total. The largest absolute Gasteiger partial charge is 0.490 e. The van der Waals surface area contributed by atoms with Gasteiger partial charge in [0, 0.05) is 25.9 Å². The molecule has 1 aliphatic carbocycles. The molecule has 3 rings (SSSR count). The predicted molar refractivity (Wildman–Crippen MR) is 123 cm³/mol. The highest BCUT2D eigenvalue weighted by Gasteiger charge is 2.22. The second-order valence-electron chi connectivity index (χ2n) is 7.85. The van der Waals surface area contributed by atoms with Gasteiger partial charge in [-0.1, -0.05) is 12.1 Å². The van der Waals surface area contributed by atoms with E-state index in [0.29, 0.717) is 56.4 Å². The summed E-state index contributed by atoms with van der Waals surface area (Å²) in [4.78, 5) is 8.91. The lowest BCUT2D eigenvalue weighted by atomic mass is 10.1. The van der Waals surface area contributed by atoms with Gasteiger partial charge in [0.05, 0.1) is 25.8 Å². The maximum absolute atomic E-state index is 14.4. The standard InChI is InChI=1S/C24H33FN4O3/c1-4-26-24(28-15-19-7-10-23(27-14-19)31-12-11-30-3)29-17(2)20-8-9-22(21(25)13-20)32-16-18-5-6-18/h7-10,13-14,17-18H,4-6,11-12,15-16H2,1-3H3,(H2,26,28,29). The first-order valence-electron chi connectivity index (χ1n) is 11.1. The third kappa shape index (κ3) is 7.67. The molecule has 32 heavy (non-hydrogen) atoms. The van der Waals surface area contributed by atoms with Crippen molar-refractivity contribution in [3.63, 3.8) is 0 Å². The number of pyridine rings is 1.